The lowest BCUT2D eigenvalue weighted by atomic mass is 9.85. The van der Waals surface area contributed by atoms with Gasteiger partial charge in [0.05, 0.1) is 17.2 Å². The summed E-state index contributed by atoms with van der Waals surface area (Å²) in [6, 6.07) is 0.624. The van der Waals surface area contributed by atoms with Crippen molar-refractivity contribution in [3.8, 4) is 0 Å². The van der Waals surface area contributed by atoms with Crippen LogP contribution in [0.1, 0.15) is 61.9 Å². The molecular weight excluding hydrogens is 256 g/mol. The average molecular weight is 280 g/mol. The molecular formula is C15H24N2OS. The molecule has 106 valence electrons. The van der Waals surface area contributed by atoms with Crippen molar-refractivity contribution in [3.05, 3.63) is 10.6 Å². The lowest BCUT2D eigenvalue weighted by Crippen LogP contribution is -2.38. The third kappa shape index (κ3) is 2.65. The SMILES string of the molecule is CC1CCCCC1N(C)c1nc(C2CC2)c(CO)s1. The zero-order valence-corrected chi connectivity index (χ0v) is 12.7. The standard InChI is InChI=1S/C15H24N2OS/c1-10-5-3-4-6-12(10)17(2)15-16-14(11-7-8-11)13(9-18)19-15/h10-12,18H,3-9H2,1-2H3. The van der Waals surface area contributed by atoms with Gasteiger partial charge in [0, 0.05) is 19.0 Å². The van der Waals surface area contributed by atoms with Gasteiger partial charge < -0.3 is 10.0 Å². The molecule has 2 fully saturated rings. The lowest BCUT2D eigenvalue weighted by molar-refractivity contribution is 0.284. The van der Waals surface area contributed by atoms with Crippen LogP contribution in [0.4, 0.5) is 5.13 Å². The Hall–Kier alpha value is -0.610. The van der Waals surface area contributed by atoms with E-state index in [2.05, 4.69) is 18.9 Å². The van der Waals surface area contributed by atoms with Crippen molar-refractivity contribution >= 4 is 16.5 Å². The largest absolute Gasteiger partial charge is 0.391 e. The first kappa shape index (κ1) is 13.4. The van der Waals surface area contributed by atoms with Gasteiger partial charge in [-0.2, -0.15) is 0 Å². The van der Waals surface area contributed by atoms with E-state index in [0.717, 1.165) is 15.9 Å². The molecule has 1 aromatic rings. The molecule has 2 saturated carbocycles. The molecule has 0 aliphatic heterocycles. The fraction of sp³-hybridized carbons (Fsp3) is 0.800. The second-order valence-corrected chi connectivity index (χ2v) is 7.24. The Morgan fingerprint density at radius 2 is 2.00 bits per heavy atom. The predicted molar refractivity (Wildman–Crippen MR) is 79.8 cm³/mol. The summed E-state index contributed by atoms with van der Waals surface area (Å²) in [4.78, 5) is 8.30. The number of nitrogens with zero attached hydrogens (tertiary/aromatic N) is 2. The summed E-state index contributed by atoms with van der Waals surface area (Å²) in [6.07, 6.45) is 7.83. The maximum atomic E-state index is 9.50. The average Bonchev–Trinajstić information content (AvgIpc) is 3.18. The van der Waals surface area contributed by atoms with E-state index in [9.17, 15) is 5.11 Å². The van der Waals surface area contributed by atoms with Gasteiger partial charge in [-0.1, -0.05) is 31.1 Å². The Bertz CT molecular complexity index is 441. The highest BCUT2D eigenvalue weighted by atomic mass is 32.1. The predicted octanol–water partition coefficient (Wildman–Crippen LogP) is 3.53. The van der Waals surface area contributed by atoms with Gasteiger partial charge in [-0.3, -0.25) is 0 Å². The van der Waals surface area contributed by atoms with E-state index >= 15 is 0 Å². The number of thiazole rings is 1. The van der Waals surface area contributed by atoms with Gasteiger partial charge in [0.15, 0.2) is 5.13 Å². The summed E-state index contributed by atoms with van der Waals surface area (Å²) < 4.78 is 0. The Kier molecular flexibility index (Phi) is 3.81. The molecule has 0 bridgehead atoms. The van der Waals surface area contributed by atoms with E-state index in [4.69, 9.17) is 4.98 Å². The third-order valence-electron chi connectivity index (χ3n) is 4.69. The second kappa shape index (κ2) is 5.41. The van der Waals surface area contributed by atoms with E-state index in [1.54, 1.807) is 11.3 Å². The number of aromatic nitrogens is 1. The van der Waals surface area contributed by atoms with Crippen LogP contribution in [-0.4, -0.2) is 23.2 Å². The Balaban J connectivity index is 1.80. The molecule has 0 radical (unpaired) electrons. The first-order chi connectivity index (χ1) is 9.20. The van der Waals surface area contributed by atoms with Crippen molar-refractivity contribution in [2.75, 3.05) is 11.9 Å². The molecule has 1 aromatic heterocycles. The number of aliphatic hydroxyl groups is 1. The van der Waals surface area contributed by atoms with Crippen LogP contribution < -0.4 is 4.90 Å². The molecule has 2 aliphatic carbocycles. The second-order valence-electron chi connectivity index (χ2n) is 6.18. The molecule has 0 saturated heterocycles. The van der Waals surface area contributed by atoms with E-state index in [0.29, 0.717) is 12.0 Å². The molecule has 0 spiro atoms. The zero-order chi connectivity index (χ0) is 13.4. The Morgan fingerprint density at radius 1 is 1.26 bits per heavy atom. The molecule has 19 heavy (non-hydrogen) atoms. The van der Waals surface area contributed by atoms with Crippen LogP contribution in [0.15, 0.2) is 0 Å². The molecule has 3 nitrogen and oxygen atoms in total. The first-order valence-corrected chi connectivity index (χ1v) is 8.35. The van der Waals surface area contributed by atoms with Gasteiger partial charge in [-0.25, -0.2) is 4.98 Å². The maximum Gasteiger partial charge on any atom is 0.185 e. The minimum atomic E-state index is 0.150. The quantitative estimate of drug-likeness (QED) is 0.916. The highest BCUT2D eigenvalue weighted by Gasteiger charge is 2.32. The van der Waals surface area contributed by atoms with Crippen molar-refractivity contribution in [1.82, 2.24) is 4.98 Å². The molecule has 2 unspecified atom stereocenters. The topological polar surface area (TPSA) is 36.4 Å². The highest BCUT2D eigenvalue weighted by molar-refractivity contribution is 7.15. The van der Waals surface area contributed by atoms with Gasteiger partial charge in [0.2, 0.25) is 0 Å². The summed E-state index contributed by atoms with van der Waals surface area (Å²) in [5, 5.41) is 10.6. The minimum Gasteiger partial charge on any atom is -0.391 e. The van der Waals surface area contributed by atoms with Crippen LogP contribution in [0.2, 0.25) is 0 Å². The van der Waals surface area contributed by atoms with Crippen LogP contribution in [0.25, 0.3) is 0 Å². The zero-order valence-electron chi connectivity index (χ0n) is 11.9. The maximum absolute atomic E-state index is 9.50. The molecule has 3 rings (SSSR count). The summed E-state index contributed by atoms with van der Waals surface area (Å²) in [7, 11) is 2.18. The Labute approximate surface area is 119 Å². The van der Waals surface area contributed by atoms with Crippen LogP contribution in [0.3, 0.4) is 0 Å². The van der Waals surface area contributed by atoms with Gasteiger partial charge in [0.1, 0.15) is 0 Å². The Morgan fingerprint density at radius 3 is 2.63 bits per heavy atom. The third-order valence-corrected chi connectivity index (χ3v) is 5.84. The molecule has 1 heterocycles. The molecule has 0 amide bonds. The van der Waals surface area contributed by atoms with Crippen LogP contribution in [-0.2, 0) is 6.61 Å². The molecule has 1 N–H and O–H groups in total. The van der Waals surface area contributed by atoms with Crippen molar-refractivity contribution in [3.63, 3.8) is 0 Å². The highest BCUT2D eigenvalue weighted by Crippen LogP contribution is 2.44. The summed E-state index contributed by atoms with van der Waals surface area (Å²) >= 11 is 1.70. The fourth-order valence-corrected chi connectivity index (χ4v) is 4.33. The van der Waals surface area contributed by atoms with E-state index in [1.165, 1.54) is 44.2 Å². The van der Waals surface area contributed by atoms with Gasteiger partial charge in [0.25, 0.3) is 0 Å². The van der Waals surface area contributed by atoms with E-state index in [1.807, 2.05) is 0 Å². The number of aliphatic hydroxyl groups excluding tert-OH is 1. The van der Waals surface area contributed by atoms with Crippen LogP contribution in [0, 0.1) is 5.92 Å². The van der Waals surface area contributed by atoms with Gasteiger partial charge in [-0.15, -0.1) is 0 Å². The fourth-order valence-electron chi connectivity index (χ4n) is 3.30. The number of anilines is 1. The number of rotatable bonds is 4. The van der Waals surface area contributed by atoms with Gasteiger partial charge >= 0.3 is 0 Å². The molecule has 4 heteroatoms. The normalized spacial score (nSPS) is 27.5. The van der Waals surface area contributed by atoms with Crippen molar-refractivity contribution in [2.45, 2.75) is 64.0 Å². The smallest absolute Gasteiger partial charge is 0.185 e. The molecule has 0 aromatic carbocycles. The van der Waals surface area contributed by atoms with Gasteiger partial charge in [-0.05, 0) is 31.6 Å². The minimum absolute atomic E-state index is 0.150. The first-order valence-electron chi connectivity index (χ1n) is 7.54. The van der Waals surface area contributed by atoms with Crippen LogP contribution in [0.5, 0.6) is 0 Å². The lowest BCUT2D eigenvalue weighted by Gasteiger charge is -2.36. The van der Waals surface area contributed by atoms with Crippen molar-refractivity contribution in [2.24, 2.45) is 5.92 Å². The summed E-state index contributed by atoms with van der Waals surface area (Å²) in [6.45, 7) is 2.51. The number of hydrogen-bond donors (Lipinski definition) is 1. The summed E-state index contributed by atoms with van der Waals surface area (Å²) in [5.41, 5.74) is 1.18. The monoisotopic (exact) mass is 280 g/mol. The van der Waals surface area contributed by atoms with Crippen LogP contribution >= 0.6 is 11.3 Å². The number of hydrogen-bond acceptors (Lipinski definition) is 4. The van der Waals surface area contributed by atoms with Crippen molar-refractivity contribution in [1.29, 1.82) is 0 Å². The van der Waals surface area contributed by atoms with Crippen molar-refractivity contribution < 1.29 is 5.11 Å². The van der Waals surface area contributed by atoms with E-state index < -0.39 is 0 Å². The van der Waals surface area contributed by atoms with E-state index in [-0.39, 0.29) is 6.61 Å². The molecule has 2 aliphatic rings. The molecule has 2 atom stereocenters. The summed E-state index contributed by atoms with van der Waals surface area (Å²) in [5.74, 6) is 1.38.